The monoisotopic (exact) mass is 430 g/mol. The molecule has 0 aliphatic carbocycles. The van der Waals surface area contributed by atoms with Gasteiger partial charge in [-0.2, -0.15) is 0 Å². The molecule has 31 heavy (non-hydrogen) atoms. The number of hydrogen-bond donors (Lipinski definition) is 2. The van der Waals surface area contributed by atoms with Gasteiger partial charge in [-0.25, -0.2) is 0 Å². The minimum absolute atomic E-state index is 0.228. The Morgan fingerprint density at radius 1 is 1.10 bits per heavy atom. The molecule has 0 aromatic heterocycles. The average molecular weight is 431 g/mol. The van der Waals surface area contributed by atoms with Gasteiger partial charge in [0.15, 0.2) is 5.96 Å². The van der Waals surface area contributed by atoms with Crippen molar-refractivity contribution in [2.75, 3.05) is 85.8 Å². The minimum Gasteiger partial charge on any atom is -0.497 e. The van der Waals surface area contributed by atoms with Crippen molar-refractivity contribution in [1.29, 1.82) is 0 Å². The Balaban J connectivity index is 1.42. The van der Waals surface area contributed by atoms with Crippen LogP contribution in [0.4, 0.5) is 0 Å². The van der Waals surface area contributed by atoms with Gasteiger partial charge < -0.3 is 20.1 Å². The van der Waals surface area contributed by atoms with E-state index in [-0.39, 0.29) is 6.04 Å². The Hall–Kier alpha value is -1.87. The molecule has 0 saturated carbocycles. The molecule has 2 bridgehead atoms. The number of hydrogen-bond acceptors (Lipinski definition) is 6. The average Bonchev–Trinajstić information content (AvgIpc) is 2.84. The highest BCUT2D eigenvalue weighted by atomic mass is 16.5. The fraction of sp³-hybridized carbons (Fsp3) is 0.696. The van der Waals surface area contributed by atoms with E-state index in [0.29, 0.717) is 12.6 Å². The van der Waals surface area contributed by atoms with Gasteiger partial charge in [0.2, 0.25) is 0 Å². The van der Waals surface area contributed by atoms with Gasteiger partial charge in [0.25, 0.3) is 0 Å². The van der Waals surface area contributed by atoms with Crippen LogP contribution in [-0.2, 0) is 4.74 Å². The Labute approximate surface area is 186 Å². The number of morpholine rings is 1. The predicted molar refractivity (Wildman–Crippen MR) is 124 cm³/mol. The van der Waals surface area contributed by atoms with E-state index in [1.54, 1.807) is 7.11 Å². The first-order valence-electron chi connectivity index (χ1n) is 11.7. The first-order valence-corrected chi connectivity index (χ1v) is 11.7. The number of fused-ring (bicyclic) bond motifs is 3. The van der Waals surface area contributed by atoms with Crippen LogP contribution in [-0.4, -0.2) is 112 Å². The molecular weight excluding hydrogens is 392 g/mol. The Morgan fingerprint density at radius 3 is 2.45 bits per heavy atom. The minimum atomic E-state index is 0.228. The zero-order valence-electron chi connectivity index (χ0n) is 19.1. The maximum atomic E-state index is 5.59. The molecule has 1 aromatic rings. The molecule has 8 heteroatoms. The fourth-order valence-electron chi connectivity index (χ4n) is 4.80. The molecule has 5 rings (SSSR count). The Morgan fingerprint density at radius 2 is 1.84 bits per heavy atom. The number of piperazine rings is 3. The van der Waals surface area contributed by atoms with Crippen molar-refractivity contribution in [2.24, 2.45) is 4.99 Å². The van der Waals surface area contributed by atoms with E-state index in [0.717, 1.165) is 57.6 Å². The SMILES string of the molecule is CCNC(=NCC(c1ccc(OC)cc1)N1CCOCC1)NCC1CN2CCN1CC2. The van der Waals surface area contributed by atoms with Crippen molar-refractivity contribution in [2.45, 2.75) is 19.0 Å². The lowest BCUT2D eigenvalue weighted by Gasteiger charge is -2.47. The van der Waals surface area contributed by atoms with E-state index in [9.17, 15) is 0 Å². The predicted octanol–water partition coefficient (Wildman–Crippen LogP) is 0.623. The van der Waals surface area contributed by atoms with E-state index in [1.165, 1.54) is 31.7 Å². The molecule has 4 saturated heterocycles. The summed E-state index contributed by atoms with van der Waals surface area (Å²) >= 11 is 0. The van der Waals surface area contributed by atoms with Crippen LogP contribution in [0.1, 0.15) is 18.5 Å². The van der Waals surface area contributed by atoms with Gasteiger partial charge in [-0.15, -0.1) is 0 Å². The fourth-order valence-corrected chi connectivity index (χ4v) is 4.80. The summed E-state index contributed by atoms with van der Waals surface area (Å²) in [7, 11) is 1.71. The summed E-state index contributed by atoms with van der Waals surface area (Å²) in [6.45, 7) is 14.0. The standard InChI is InChI=1S/C23H38N6O2/c1-3-24-23(25-16-20-18-27-8-10-28(20)11-9-27)26-17-22(29-12-14-31-15-13-29)19-4-6-21(30-2)7-5-19/h4-7,20,22H,3,8-18H2,1-2H3,(H2,24,25,26). The summed E-state index contributed by atoms with van der Waals surface area (Å²) in [5, 5.41) is 7.05. The summed E-state index contributed by atoms with van der Waals surface area (Å²) in [4.78, 5) is 12.7. The number of methoxy groups -OCH3 is 1. The molecule has 0 amide bonds. The summed E-state index contributed by atoms with van der Waals surface area (Å²) in [6, 6.07) is 9.20. The zero-order valence-corrected chi connectivity index (χ0v) is 19.1. The van der Waals surface area contributed by atoms with Crippen LogP contribution in [0.25, 0.3) is 0 Å². The molecule has 2 unspecified atom stereocenters. The van der Waals surface area contributed by atoms with Crippen molar-refractivity contribution < 1.29 is 9.47 Å². The normalized spacial score (nSPS) is 27.7. The second kappa shape index (κ2) is 11.1. The van der Waals surface area contributed by atoms with Crippen LogP contribution in [0, 0.1) is 0 Å². The van der Waals surface area contributed by atoms with E-state index < -0.39 is 0 Å². The molecule has 4 aliphatic rings. The van der Waals surface area contributed by atoms with Crippen molar-refractivity contribution in [1.82, 2.24) is 25.3 Å². The lowest BCUT2D eigenvalue weighted by atomic mass is 10.0. The van der Waals surface area contributed by atoms with Gasteiger partial charge in [0.05, 0.1) is 32.9 Å². The third-order valence-corrected chi connectivity index (χ3v) is 6.65. The Bertz CT molecular complexity index is 699. The largest absolute Gasteiger partial charge is 0.497 e. The van der Waals surface area contributed by atoms with Crippen LogP contribution in [0.2, 0.25) is 0 Å². The van der Waals surface area contributed by atoms with Gasteiger partial charge in [-0.3, -0.25) is 19.7 Å². The van der Waals surface area contributed by atoms with Gasteiger partial charge >= 0.3 is 0 Å². The van der Waals surface area contributed by atoms with Crippen LogP contribution in [0.3, 0.4) is 0 Å². The number of guanidine groups is 1. The topological polar surface area (TPSA) is 64.6 Å². The molecule has 2 N–H and O–H groups in total. The maximum Gasteiger partial charge on any atom is 0.191 e. The van der Waals surface area contributed by atoms with E-state index in [1.807, 2.05) is 12.1 Å². The van der Waals surface area contributed by atoms with Crippen LogP contribution in [0.5, 0.6) is 5.75 Å². The summed E-state index contributed by atoms with van der Waals surface area (Å²) in [5.41, 5.74) is 1.27. The quantitative estimate of drug-likeness (QED) is 0.463. The molecule has 1 aromatic carbocycles. The second-order valence-electron chi connectivity index (χ2n) is 8.53. The molecule has 8 nitrogen and oxygen atoms in total. The van der Waals surface area contributed by atoms with Crippen LogP contribution < -0.4 is 15.4 Å². The van der Waals surface area contributed by atoms with Crippen molar-refractivity contribution in [3.05, 3.63) is 29.8 Å². The van der Waals surface area contributed by atoms with Crippen molar-refractivity contribution >= 4 is 5.96 Å². The van der Waals surface area contributed by atoms with Crippen LogP contribution in [0.15, 0.2) is 29.3 Å². The molecular formula is C23H38N6O2. The van der Waals surface area contributed by atoms with E-state index in [4.69, 9.17) is 14.5 Å². The summed E-state index contributed by atoms with van der Waals surface area (Å²) < 4.78 is 10.9. The smallest absolute Gasteiger partial charge is 0.191 e. The number of benzene rings is 1. The summed E-state index contributed by atoms with van der Waals surface area (Å²) in [5.74, 6) is 1.79. The third-order valence-electron chi connectivity index (χ3n) is 6.65. The van der Waals surface area contributed by atoms with E-state index in [2.05, 4.69) is 44.4 Å². The molecule has 0 radical (unpaired) electrons. The summed E-state index contributed by atoms with van der Waals surface area (Å²) in [6.07, 6.45) is 0. The van der Waals surface area contributed by atoms with Gasteiger partial charge in [-0.1, -0.05) is 12.1 Å². The first-order chi connectivity index (χ1) is 15.3. The van der Waals surface area contributed by atoms with Crippen LogP contribution >= 0.6 is 0 Å². The molecule has 4 fully saturated rings. The number of ether oxygens (including phenoxy) is 2. The highest BCUT2D eigenvalue weighted by Crippen LogP contribution is 2.24. The highest BCUT2D eigenvalue weighted by Gasteiger charge is 2.31. The number of nitrogens with zero attached hydrogens (tertiary/aromatic N) is 4. The molecule has 172 valence electrons. The van der Waals surface area contributed by atoms with Gasteiger partial charge in [0.1, 0.15) is 5.75 Å². The second-order valence-corrected chi connectivity index (χ2v) is 8.53. The molecule has 0 spiro atoms. The lowest BCUT2D eigenvalue weighted by Crippen LogP contribution is -2.63. The molecule has 4 heterocycles. The number of rotatable bonds is 8. The van der Waals surface area contributed by atoms with Gasteiger partial charge in [0, 0.05) is 64.9 Å². The molecule has 2 atom stereocenters. The number of nitrogens with one attached hydrogen (secondary N) is 2. The third kappa shape index (κ3) is 5.88. The van der Waals surface area contributed by atoms with E-state index >= 15 is 0 Å². The van der Waals surface area contributed by atoms with Crippen molar-refractivity contribution in [3.8, 4) is 5.75 Å². The lowest BCUT2D eigenvalue weighted by molar-refractivity contribution is 0.0153. The highest BCUT2D eigenvalue weighted by molar-refractivity contribution is 5.79. The maximum absolute atomic E-state index is 5.59. The zero-order chi connectivity index (χ0) is 21.5. The number of aliphatic imine (C=N–C) groups is 1. The van der Waals surface area contributed by atoms with Crippen molar-refractivity contribution in [3.63, 3.8) is 0 Å². The Kier molecular flexibility index (Phi) is 8.02. The molecule has 4 aliphatic heterocycles. The first kappa shape index (κ1) is 22.3. The van der Waals surface area contributed by atoms with Gasteiger partial charge in [-0.05, 0) is 24.6 Å².